The van der Waals surface area contributed by atoms with Gasteiger partial charge in [0.25, 0.3) is 0 Å². The van der Waals surface area contributed by atoms with Crippen molar-refractivity contribution in [3.05, 3.63) is 70.4 Å². The van der Waals surface area contributed by atoms with E-state index in [0.29, 0.717) is 0 Å². The maximum Gasteiger partial charge on any atom is 0.169 e. The number of benzene rings is 1. The number of thiophene rings is 1. The van der Waals surface area contributed by atoms with Crippen molar-refractivity contribution in [1.29, 1.82) is 0 Å². The topological polar surface area (TPSA) is 29.0 Å². The highest BCUT2D eigenvalue weighted by Gasteiger charge is 2.19. The van der Waals surface area contributed by atoms with Crippen LogP contribution in [0.3, 0.4) is 0 Å². The van der Waals surface area contributed by atoms with Gasteiger partial charge < -0.3 is 0 Å². The van der Waals surface area contributed by atoms with Crippen LogP contribution in [0.1, 0.15) is 22.4 Å². The number of aryl methyl sites for hydroxylation is 1. The Morgan fingerprint density at radius 2 is 2.09 bits per heavy atom. The summed E-state index contributed by atoms with van der Waals surface area (Å²) in [5.41, 5.74) is 5.25. The molecular formula is C19H19N3S. The van der Waals surface area contributed by atoms with Crippen molar-refractivity contribution in [1.82, 2.24) is 14.9 Å². The quantitative estimate of drug-likeness (QED) is 0.728. The first-order valence-corrected chi connectivity index (χ1v) is 8.83. The van der Waals surface area contributed by atoms with Gasteiger partial charge in [-0.3, -0.25) is 4.90 Å². The molecule has 0 saturated carbocycles. The van der Waals surface area contributed by atoms with Crippen molar-refractivity contribution < 1.29 is 0 Å². The minimum Gasteiger partial charge on any atom is -0.293 e. The lowest BCUT2D eigenvalue weighted by molar-refractivity contribution is 0.241. The van der Waals surface area contributed by atoms with Crippen LogP contribution >= 0.6 is 11.3 Å². The molecule has 3 heterocycles. The van der Waals surface area contributed by atoms with E-state index < -0.39 is 0 Å². The fourth-order valence-electron chi connectivity index (χ4n) is 3.05. The molecule has 0 atom stereocenters. The fourth-order valence-corrected chi connectivity index (χ4v) is 3.71. The number of fused-ring (bicyclic) bond motifs is 1. The molecule has 1 aliphatic rings. The molecule has 0 radical (unpaired) electrons. The van der Waals surface area contributed by atoms with Crippen LogP contribution in [0.4, 0.5) is 0 Å². The van der Waals surface area contributed by atoms with Crippen molar-refractivity contribution in [2.24, 2.45) is 0 Å². The highest BCUT2D eigenvalue weighted by Crippen LogP contribution is 2.25. The molecule has 0 amide bonds. The van der Waals surface area contributed by atoms with Crippen LogP contribution in [0.15, 0.2) is 48.0 Å². The average molecular weight is 321 g/mol. The van der Waals surface area contributed by atoms with Crippen LogP contribution in [0.25, 0.3) is 10.7 Å². The Morgan fingerprint density at radius 1 is 1.17 bits per heavy atom. The molecule has 2 aromatic heterocycles. The lowest BCUT2D eigenvalue weighted by Gasteiger charge is -2.28. The van der Waals surface area contributed by atoms with E-state index >= 15 is 0 Å². The maximum absolute atomic E-state index is 4.83. The molecular weight excluding hydrogens is 302 g/mol. The number of hydrogen-bond donors (Lipinski definition) is 0. The first-order chi connectivity index (χ1) is 11.3. The largest absolute Gasteiger partial charge is 0.293 e. The van der Waals surface area contributed by atoms with Crippen LogP contribution < -0.4 is 0 Å². The molecule has 1 aliphatic heterocycles. The van der Waals surface area contributed by atoms with Gasteiger partial charge in [-0.2, -0.15) is 0 Å². The van der Waals surface area contributed by atoms with Crippen molar-refractivity contribution >= 4 is 11.3 Å². The van der Waals surface area contributed by atoms with Crippen LogP contribution in [0, 0.1) is 6.92 Å². The average Bonchev–Trinajstić information content (AvgIpc) is 3.11. The maximum atomic E-state index is 4.83. The third kappa shape index (κ3) is 3.05. The predicted molar refractivity (Wildman–Crippen MR) is 94.3 cm³/mol. The van der Waals surface area contributed by atoms with E-state index in [9.17, 15) is 0 Å². The van der Waals surface area contributed by atoms with Gasteiger partial charge in [0.1, 0.15) is 0 Å². The first kappa shape index (κ1) is 14.5. The monoisotopic (exact) mass is 321 g/mol. The van der Waals surface area contributed by atoms with E-state index in [1.165, 1.54) is 22.4 Å². The second-order valence-corrected chi connectivity index (χ2v) is 6.98. The molecule has 1 aromatic carbocycles. The molecule has 0 unspecified atom stereocenters. The zero-order valence-corrected chi connectivity index (χ0v) is 14.0. The number of nitrogens with zero attached hydrogens (tertiary/aromatic N) is 3. The SMILES string of the molecule is Cc1ccccc1CN1CCc2cnc(-c3cccs3)nc2C1. The van der Waals surface area contributed by atoms with Gasteiger partial charge in [-0.05, 0) is 41.5 Å². The summed E-state index contributed by atoms with van der Waals surface area (Å²) in [5, 5.41) is 2.07. The molecule has 0 saturated heterocycles. The molecule has 0 fully saturated rings. The molecule has 3 aromatic rings. The van der Waals surface area contributed by atoms with Crippen molar-refractivity contribution in [3.63, 3.8) is 0 Å². The van der Waals surface area contributed by atoms with Crippen molar-refractivity contribution in [2.75, 3.05) is 6.54 Å². The minimum absolute atomic E-state index is 0.858. The van der Waals surface area contributed by atoms with Gasteiger partial charge in [0.05, 0.1) is 10.6 Å². The van der Waals surface area contributed by atoms with Crippen molar-refractivity contribution in [2.45, 2.75) is 26.4 Å². The summed E-state index contributed by atoms with van der Waals surface area (Å²) in [6, 6.07) is 12.8. The van der Waals surface area contributed by atoms with Gasteiger partial charge in [-0.1, -0.05) is 30.3 Å². The second kappa shape index (κ2) is 6.22. The summed E-state index contributed by atoms with van der Waals surface area (Å²) < 4.78 is 0. The lowest BCUT2D eigenvalue weighted by atomic mass is 10.0. The Labute approximate surface area is 140 Å². The number of hydrogen-bond acceptors (Lipinski definition) is 4. The molecule has 23 heavy (non-hydrogen) atoms. The summed E-state index contributed by atoms with van der Waals surface area (Å²) in [4.78, 5) is 13.0. The normalized spacial score (nSPS) is 14.7. The lowest BCUT2D eigenvalue weighted by Crippen LogP contribution is -2.31. The molecule has 0 spiro atoms. The Balaban J connectivity index is 1.56. The molecule has 116 valence electrons. The molecule has 4 heteroatoms. The van der Waals surface area contributed by atoms with Gasteiger partial charge >= 0.3 is 0 Å². The van der Waals surface area contributed by atoms with E-state index in [4.69, 9.17) is 4.98 Å². The highest BCUT2D eigenvalue weighted by molar-refractivity contribution is 7.13. The van der Waals surface area contributed by atoms with Crippen LogP contribution in [-0.4, -0.2) is 21.4 Å². The van der Waals surface area contributed by atoms with E-state index in [0.717, 1.165) is 36.8 Å². The number of rotatable bonds is 3. The minimum atomic E-state index is 0.858. The molecule has 0 bridgehead atoms. The standard InChI is InChI=1S/C19H19N3S/c1-14-5-2-3-6-16(14)12-22-9-8-15-11-20-19(21-17(15)13-22)18-7-4-10-23-18/h2-7,10-11H,8-9,12-13H2,1H3. The summed E-state index contributed by atoms with van der Waals surface area (Å²) in [6.45, 7) is 5.16. The zero-order chi connectivity index (χ0) is 15.6. The molecule has 4 rings (SSSR count). The summed E-state index contributed by atoms with van der Waals surface area (Å²) in [7, 11) is 0. The fraction of sp³-hybridized carbons (Fsp3) is 0.263. The molecule has 0 aliphatic carbocycles. The Hall–Kier alpha value is -2.04. The van der Waals surface area contributed by atoms with Gasteiger partial charge in [0, 0.05) is 25.8 Å². The second-order valence-electron chi connectivity index (χ2n) is 6.03. The van der Waals surface area contributed by atoms with E-state index in [1.54, 1.807) is 11.3 Å². The van der Waals surface area contributed by atoms with Gasteiger partial charge in [0.2, 0.25) is 0 Å². The zero-order valence-electron chi connectivity index (χ0n) is 13.2. The van der Waals surface area contributed by atoms with Crippen LogP contribution in [-0.2, 0) is 19.5 Å². The third-order valence-corrected chi connectivity index (χ3v) is 5.29. The van der Waals surface area contributed by atoms with Gasteiger partial charge in [-0.15, -0.1) is 11.3 Å². The smallest absolute Gasteiger partial charge is 0.169 e. The van der Waals surface area contributed by atoms with Crippen LogP contribution in [0.2, 0.25) is 0 Å². The summed E-state index contributed by atoms with van der Waals surface area (Å²) in [6.07, 6.45) is 3.05. The third-order valence-electron chi connectivity index (χ3n) is 4.42. The molecule has 3 nitrogen and oxygen atoms in total. The van der Waals surface area contributed by atoms with Crippen LogP contribution in [0.5, 0.6) is 0 Å². The van der Waals surface area contributed by atoms with Gasteiger partial charge in [-0.25, -0.2) is 9.97 Å². The van der Waals surface area contributed by atoms with E-state index in [2.05, 4.69) is 52.5 Å². The predicted octanol–water partition coefficient (Wildman–Crippen LogP) is 4.07. The van der Waals surface area contributed by atoms with Gasteiger partial charge in [0.15, 0.2) is 5.82 Å². The highest BCUT2D eigenvalue weighted by atomic mass is 32.1. The Morgan fingerprint density at radius 3 is 2.91 bits per heavy atom. The molecule has 0 N–H and O–H groups in total. The first-order valence-electron chi connectivity index (χ1n) is 7.95. The van der Waals surface area contributed by atoms with Crippen molar-refractivity contribution in [3.8, 4) is 10.7 Å². The Kier molecular flexibility index (Phi) is 3.93. The van der Waals surface area contributed by atoms with E-state index in [-0.39, 0.29) is 0 Å². The number of aromatic nitrogens is 2. The summed E-state index contributed by atoms with van der Waals surface area (Å²) >= 11 is 1.69. The summed E-state index contributed by atoms with van der Waals surface area (Å²) in [5.74, 6) is 0.858. The Bertz CT molecular complexity index is 811. The van der Waals surface area contributed by atoms with E-state index in [1.807, 2.05) is 12.3 Å².